The van der Waals surface area contributed by atoms with E-state index >= 15 is 0 Å². The summed E-state index contributed by atoms with van der Waals surface area (Å²) in [6.45, 7) is 0. The highest BCUT2D eigenvalue weighted by molar-refractivity contribution is 7.80. The monoisotopic (exact) mass is 259 g/mol. The number of rotatable bonds is 1. The van der Waals surface area contributed by atoms with Gasteiger partial charge in [-0.15, -0.1) is 24.0 Å². The fourth-order valence-electron chi connectivity index (χ4n) is 1.40. The second-order valence-electron chi connectivity index (χ2n) is 3.03. The van der Waals surface area contributed by atoms with Crippen molar-refractivity contribution in [1.29, 1.82) is 10.5 Å². The number of nitriles is 2. The van der Waals surface area contributed by atoms with Crippen LogP contribution < -0.4 is 5.73 Å². The summed E-state index contributed by atoms with van der Waals surface area (Å²) in [5.41, 5.74) is 8.15. The molecule has 0 aliphatic rings. The molecule has 5 nitrogen and oxygen atoms in total. The molecule has 0 radical (unpaired) electrons. The highest BCUT2D eigenvalue weighted by Crippen LogP contribution is 2.34. The fraction of sp³-hybridized carbons (Fsp3) is 0. The number of nitrogens with zero attached hydrogens (tertiary/aromatic N) is 4. The molecule has 0 amide bonds. The Kier molecular flexibility index (Phi) is 2.96. The van der Waals surface area contributed by atoms with Crippen LogP contribution in [0.3, 0.4) is 0 Å². The molecule has 0 saturated heterocycles. The molecule has 2 rings (SSSR count). The van der Waals surface area contributed by atoms with Crippen molar-refractivity contribution in [3.05, 3.63) is 22.8 Å². The van der Waals surface area contributed by atoms with E-state index in [-0.39, 0.29) is 22.0 Å². The van der Waals surface area contributed by atoms with Gasteiger partial charge in [-0.2, -0.15) is 10.5 Å². The van der Waals surface area contributed by atoms with Crippen LogP contribution in [0, 0.1) is 22.7 Å². The number of thiazole rings is 1. The summed E-state index contributed by atoms with van der Waals surface area (Å²) in [4.78, 5) is 8.49. The average molecular weight is 259 g/mol. The molecule has 0 saturated carbocycles. The van der Waals surface area contributed by atoms with Crippen LogP contribution in [0.5, 0.6) is 0 Å². The molecule has 2 aromatic heterocycles. The Labute approximate surface area is 107 Å². The highest BCUT2D eigenvalue weighted by atomic mass is 32.1. The molecule has 0 atom stereocenters. The van der Waals surface area contributed by atoms with Gasteiger partial charge in [-0.1, -0.05) is 0 Å². The van der Waals surface area contributed by atoms with E-state index in [0.717, 1.165) is 0 Å². The number of thiol groups is 1. The molecule has 7 heteroatoms. The van der Waals surface area contributed by atoms with E-state index in [1.807, 2.05) is 12.1 Å². The smallest absolute Gasteiger partial charge is 0.143 e. The first-order valence-corrected chi connectivity index (χ1v) is 5.73. The number of nitrogens with two attached hydrogens (primary N) is 1. The fourth-order valence-corrected chi connectivity index (χ4v) is 2.34. The molecule has 17 heavy (non-hydrogen) atoms. The second-order valence-corrected chi connectivity index (χ2v) is 4.34. The minimum absolute atomic E-state index is 0.0694. The molecule has 0 spiro atoms. The Morgan fingerprint density at radius 1 is 1.29 bits per heavy atom. The Morgan fingerprint density at radius 3 is 2.53 bits per heavy atom. The van der Waals surface area contributed by atoms with Gasteiger partial charge in [-0.25, -0.2) is 4.98 Å². The van der Waals surface area contributed by atoms with Crippen LogP contribution in [0.15, 0.2) is 16.7 Å². The van der Waals surface area contributed by atoms with Gasteiger partial charge in [-0.3, -0.25) is 4.98 Å². The zero-order valence-corrected chi connectivity index (χ0v) is 10.1. The van der Waals surface area contributed by atoms with E-state index in [1.54, 1.807) is 11.7 Å². The molecule has 0 unspecified atom stereocenters. The number of pyridine rings is 1. The number of aromatic nitrogens is 2. The zero-order chi connectivity index (χ0) is 12.4. The van der Waals surface area contributed by atoms with Crippen LogP contribution in [0.4, 0.5) is 5.82 Å². The van der Waals surface area contributed by atoms with Crippen molar-refractivity contribution in [2.45, 2.75) is 5.03 Å². The van der Waals surface area contributed by atoms with E-state index in [1.165, 1.54) is 11.3 Å². The van der Waals surface area contributed by atoms with E-state index in [9.17, 15) is 0 Å². The highest BCUT2D eigenvalue weighted by Gasteiger charge is 2.19. The van der Waals surface area contributed by atoms with Crippen molar-refractivity contribution in [2.24, 2.45) is 0 Å². The summed E-state index contributed by atoms with van der Waals surface area (Å²) in [5, 5.41) is 18.4. The Balaban J connectivity index is 2.89. The van der Waals surface area contributed by atoms with Crippen LogP contribution >= 0.6 is 24.0 Å². The Morgan fingerprint density at radius 2 is 2.00 bits per heavy atom. The molecule has 0 aromatic carbocycles. The summed E-state index contributed by atoms with van der Waals surface area (Å²) in [7, 11) is 0. The number of hydrogen-bond acceptors (Lipinski definition) is 7. The SMILES string of the molecule is N#Cc1c(N)nc(S)c(C#N)c1-c1cncs1. The lowest BCUT2D eigenvalue weighted by atomic mass is 10.0. The maximum atomic E-state index is 9.10. The van der Waals surface area contributed by atoms with Gasteiger partial charge in [0.15, 0.2) is 0 Å². The molecule has 2 N–H and O–H groups in total. The van der Waals surface area contributed by atoms with Gasteiger partial charge < -0.3 is 5.73 Å². The first-order chi connectivity index (χ1) is 8.19. The molecule has 0 fully saturated rings. The first kappa shape index (κ1) is 11.4. The minimum Gasteiger partial charge on any atom is -0.383 e. The Hall–Kier alpha value is -2.09. The van der Waals surface area contributed by atoms with Gasteiger partial charge in [0.1, 0.15) is 28.5 Å². The van der Waals surface area contributed by atoms with Gasteiger partial charge in [0, 0.05) is 11.8 Å². The largest absolute Gasteiger partial charge is 0.383 e. The molecular formula is C10H5N5S2. The third kappa shape index (κ3) is 1.82. The molecule has 0 aliphatic carbocycles. The molecule has 2 heterocycles. The van der Waals surface area contributed by atoms with Crippen LogP contribution in [-0.4, -0.2) is 9.97 Å². The molecule has 82 valence electrons. The molecule has 0 bridgehead atoms. The van der Waals surface area contributed by atoms with Gasteiger partial charge in [0.05, 0.1) is 16.0 Å². The van der Waals surface area contributed by atoms with Crippen LogP contribution in [0.25, 0.3) is 10.4 Å². The summed E-state index contributed by atoms with van der Waals surface area (Å²) >= 11 is 5.42. The lowest BCUT2D eigenvalue weighted by Gasteiger charge is -2.07. The maximum Gasteiger partial charge on any atom is 0.143 e. The van der Waals surface area contributed by atoms with Gasteiger partial charge >= 0.3 is 0 Å². The summed E-state index contributed by atoms with van der Waals surface area (Å²) in [6.07, 6.45) is 1.58. The van der Waals surface area contributed by atoms with Crippen LogP contribution in [-0.2, 0) is 0 Å². The molecular weight excluding hydrogens is 254 g/mol. The lowest BCUT2D eigenvalue weighted by Crippen LogP contribution is -2.01. The average Bonchev–Trinajstić information content (AvgIpc) is 2.81. The van der Waals surface area contributed by atoms with Crippen LogP contribution in [0.2, 0.25) is 0 Å². The third-order valence-electron chi connectivity index (χ3n) is 2.11. The summed E-state index contributed by atoms with van der Waals surface area (Å²) in [6, 6.07) is 3.95. The van der Waals surface area contributed by atoms with E-state index in [0.29, 0.717) is 10.4 Å². The number of anilines is 1. The van der Waals surface area contributed by atoms with E-state index < -0.39 is 0 Å². The van der Waals surface area contributed by atoms with Crippen molar-refractivity contribution < 1.29 is 0 Å². The molecule has 2 aromatic rings. The van der Waals surface area contributed by atoms with Gasteiger partial charge in [0.2, 0.25) is 0 Å². The summed E-state index contributed by atoms with van der Waals surface area (Å²) < 4.78 is 0. The third-order valence-corrected chi connectivity index (χ3v) is 3.22. The lowest BCUT2D eigenvalue weighted by molar-refractivity contribution is 1.12. The van der Waals surface area contributed by atoms with Crippen molar-refractivity contribution in [2.75, 3.05) is 5.73 Å². The van der Waals surface area contributed by atoms with Crippen molar-refractivity contribution in [1.82, 2.24) is 9.97 Å². The predicted molar refractivity (Wildman–Crippen MR) is 66.4 cm³/mol. The quantitative estimate of drug-likeness (QED) is 0.761. The van der Waals surface area contributed by atoms with E-state index in [4.69, 9.17) is 16.3 Å². The summed E-state index contributed by atoms with van der Waals surface area (Å²) in [5.74, 6) is 0.0694. The molecule has 0 aliphatic heterocycles. The maximum absolute atomic E-state index is 9.10. The topological polar surface area (TPSA) is 99.4 Å². The Bertz CT molecular complexity index is 611. The van der Waals surface area contributed by atoms with Gasteiger partial charge in [-0.05, 0) is 0 Å². The first-order valence-electron chi connectivity index (χ1n) is 4.40. The van der Waals surface area contributed by atoms with Crippen LogP contribution in [0.1, 0.15) is 11.1 Å². The number of hydrogen-bond donors (Lipinski definition) is 2. The second kappa shape index (κ2) is 4.42. The minimum atomic E-state index is 0.0694. The standard InChI is InChI=1S/C10H5N5S2/c11-1-5-8(7-3-14-4-17-7)6(2-12)10(16)15-9(5)13/h3-4H,(H3,13,15,16). The van der Waals surface area contributed by atoms with E-state index in [2.05, 4.69) is 22.6 Å². The normalized spacial score (nSPS) is 9.59. The zero-order valence-electron chi connectivity index (χ0n) is 8.38. The number of nitrogen functional groups attached to an aromatic ring is 1. The predicted octanol–water partition coefficient (Wildman–Crippen LogP) is 1.82. The van der Waals surface area contributed by atoms with Gasteiger partial charge in [0.25, 0.3) is 0 Å². The van der Waals surface area contributed by atoms with Crippen molar-refractivity contribution >= 4 is 29.8 Å². The van der Waals surface area contributed by atoms with Crippen molar-refractivity contribution in [3.63, 3.8) is 0 Å². The van der Waals surface area contributed by atoms with Crippen molar-refractivity contribution in [3.8, 4) is 22.6 Å².